The molecular weight excluding hydrogens is 327 g/mol. The standard InChI is InChI=1S/C17H11FN4O3/c1-9-15(12-4-2-10(7-19)6-13(12)18)16(23)22(21-9)14-5-3-11(8-20-14)17(24)25/h2-6,8,21H,1H3,(H,24,25). The lowest BCUT2D eigenvalue weighted by Gasteiger charge is -2.01. The number of carboxylic acids is 1. The van der Waals surface area contributed by atoms with E-state index in [4.69, 9.17) is 10.4 Å². The van der Waals surface area contributed by atoms with Crippen molar-refractivity contribution in [3.63, 3.8) is 0 Å². The van der Waals surface area contributed by atoms with Gasteiger partial charge in [0, 0.05) is 17.5 Å². The Morgan fingerprint density at radius 3 is 2.68 bits per heavy atom. The van der Waals surface area contributed by atoms with Gasteiger partial charge in [-0.05, 0) is 37.3 Å². The second-order valence-corrected chi connectivity index (χ2v) is 5.27. The van der Waals surface area contributed by atoms with Crippen LogP contribution >= 0.6 is 0 Å². The second-order valence-electron chi connectivity index (χ2n) is 5.27. The molecule has 0 saturated heterocycles. The number of aromatic carboxylic acids is 1. The number of carbonyl (C=O) groups is 1. The van der Waals surface area contributed by atoms with E-state index >= 15 is 0 Å². The Kier molecular flexibility index (Phi) is 3.91. The minimum atomic E-state index is -1.13. The monoisotopic (exact) mass is 338 g/mol. The predicted octanol–water partition coefficient (Wildman–Crippen LogP) is 2.25. The van der Waals surface area contributed by atoms with Crippen LogP contribution in [0.15, 0.2) is 41.3 Å². The number of hydrogen-bond acceptors (Lipinski definition) is 4. The molecule has 1 aromatic carbocycles. The van der Waals surface area contributed by atoms with Gasteiger partial charge in [0.15, 0.2) is 5.82 Å². The highest BCUT2D eigenvalue weighted by molar-refractivity contribution is 5.87. The van der Waals surface area contributed by atoms with Crippen LogP contribution in [0.3, 0.4) is 0 Å². The molecule has 0 saturated carbocycles. The summed E-state index contributed by atoms with van der Waals surface area (Å²) in [6, 6.07) is 8.38. The predicted molar refractivity (Wildman–Crippen MR) is 86.0 cm³/mol. The molecule has 3 rings (SSSR count). The van der Waals surface area contributed by atoms with E-state index in [2.05, 4.69) is 10.1 Å². The normalized spacial score (nSPS) is 10.4. The minimum absolute atomic E-state index is 0.0153. The van der Waals surface area contributed by atoms with Crippen molar-refractivity contribution < 1.29 is 14.3 Å². The number of carboxylic acid groups (broad SMARTS) is 1. The Labute approximate surface area is 140 Å². The number of nitrogens with zero attached hydrogens (tertiary/aromatic N) is 3. The lowest BCUT2D eigenvalue weighted by atomic mass is 10.0. The van der Waals surface area contributed by atoms with E-state index in [9.17, 15) is 14.0 Å². The molecule has 2 N–H and O–H groups in total. The molecule has 2 aromatic heterocycles. The van der Waals surface area contributed by atoms with Crippen LogP contribution in [-0.4, -0.2) is 25.8 Å². The molecule has 0 aliphatic heterocycles. The minimum Gasteiger partial charge on any atom is -0.478 e. The summed E-state index contributed by atoms with van der Waals surface area (Å²) in [7, 11) is 0. The molecular formula is C17H11FN4O3. The molecule has 0 aliphatic carbocycles. The Balaban J connectivity index is 2.12. The third-order valence-electron chi connectivity index (χ3n) is 3.66. The van der Waals surface area contributed by atoms with Crippen LogP contribution in [0.25, 0.3) is 16.9 Å². The molecule has 0 fully saturated rings. The smallest absolute Gasteiger partial charge is 0.337 e. The topological polar surface area (TPSA) is 112 Å². The first-order valence-corrected chi connectivity index (χ1v) is 7.13. The van der Waals surface area contributed by atoms with Gasteiger partial charge >= 0.3 is 5.97 Å². The van der Waals surface area contributed by atoms with Crippen molar-refractivity contribution in [2.24, 2.45) is 0 Å². The van der Waals surface area contributed by atoms with Crippen LogP contribution in [0, 0.1) is 24.1 Å². The number of H-pyrrole nitrogens is 1. The quantitative estimate of drug-likeness (QED) is 0.760. The summed E-state index contributed by atoms with van der Waals surface area (Å²) >= 11 is 0. The Morgan fingerprint density at radius 2 is 2.12 bits per heavy atom. The van der Waals surface area contributed by atoms with Crippen LogP contribution in [0.1, 0.15) is 21.6 Å². The van der Waals surface area contributed by atoms with Crippen molar-refractivity contribution in [2.75, 3.05) is 0 Å². The van der Waals surface area contributed by atoms with Gasteiger partial charge in [0.05, 0.1) is 22.8 Å². The first-order chi connectivity index (χ1) is 11.9. The average molecular weight is 338 g/mol. The number of pyridine rings is 1. The molecule has 124 valence electrons. The second kappa shape index (κ2) is 6.05. The van der Waals surface area contributed by atoms with Gasteiger partial charge in [0.25, 0.3) is 5.56 Å². The largest absolute Gasteiger partial charge is 0.478 e. The third kappa shape index (κ3) is 2.79. The number of aromatic amines is 1. The molecule has 2 heterocycles. The van der Waals surface area contributed by atoms with Crippen molar-refractivity contribution >= 4 is 5.97 Å². The van der Waals surface area contributed by atoms with Gasteiger partial charge in [-0.15, -0.1) is 0 Å². The molecule has 0 bridgehead atoms. The number of halogens is 1. The van der Waals surface area contributed by atoms with Crippen LogP contribution in [0.2, 0.25) is 0 Å². The zero-order valence-corrected chi connectivity index (χ0v) is 12.9. The Morgan fingerprint density at radius 1 is 1.36 bits per heavy atom. The van der Waals surface area contributed by atoms with E-state index in [1.54, 1.807) is 6.92 Å². The van der Waals surface area contributed by atoms with Gasteiger partial charge in [0.1, 0.15) is 5.82 Å². The third-order valence-corrected chi connectivity index (χ3v) is 3.66. The van der Waals surface area contributed by atoms with Crippen molar-refractivity contribution in [1.29, 1.82) is 5.26 Å². The number of aromatic nitrogens is 3. The summed E-state index contributed by atoms with van der Waals surface area (Å²) in [5, 5.41) is 20.5. The zero-order chi connectivity index (χ0) is 18.1. The average Bonchev–Trinajstić information content (AvgIpc) is 2.89. The summed E-state index contributed by atoms with van der Waals surface area (Å²) in [5.74, 6) is -1.63. The van der Waals surface area contributed by atoms with Gasteiger partial charge in [-0.1, -0.05) is 0 Å². The molecule has 7 nitrogen and oxygen atoms in total. The van der Waals surface area contributed by atoms with Crippen LogP contribution in [-0.2, 0) is 0 Å². The van der Waals surface area contributed by atoms with Crippen molar-refractivity contribution in [3.05, 3.63) is 69.5 Å². The van der Waals surface area contributed by atoms with E-state index in [0.29, 0.717) is 5.69 Å². The summed E-state index contributed by atoms with van der Waals surface area (Å²) in [4.78, 5) is 27.5. The zero-order valence-electron chi connectivity index (χ0n) is 12.9. The molecule has 0 unspecified atom stereocenters. The summed E-state index contributed by atoms with van der Waals surface area (Å²) in [6.45, 7) is 1.61. The molecule has 0 spiro atoms. The summed E-state index contributed by atoms with van der Waals surface area (Å²) < 4.78 is 15.3. The lowest BCUT2D eigenvalue weighted by molar-refractivity contribution is 0.0696. The van der Waals surface area contributed by atoms with Crippen molar-refractivity contribution in [3.8, 4) is 23.0 Å². The Bertz CT molecular complexity index is 1070. The first-order valence-electron chi connectivity index (χ1n) is 7.13. The van der Waals surface area contributed by atoms with Crippen molar-refractivity contribution in [2.45, 2.75) is 6.92 Å². The van der Waals surface area contributed by atoms with E-state index in [-0.39, 0.29) is 28.1 Å². The maximum Gasteiger partial charge on any atom is 0.337 e. The highest BCUT2D eigenvalue weighted by Crippen LogP contribution is 2.23. The van der Waals surface area contributed by atoms with Crippen molar-refractivity contribution in [1.82, 2.24) is 14.8 Å². The van der Waals surface area contributed by atoms with Gasteiger partial charge in [-0.2, -0.15) is 5.26 Å². The highest BCUT2D eigenvalue weighted by atomic mass is 19.1. The number of nitriles is 1. The SMILES string of the molecule is Cc1[nH]n(-c2ccc(C(=O)O)cn2)c(=O)c1-c1ccc(C#N)cc1F. The maximum atomic E-state index is 14.2. The molecule has 3 aromatic rings. The van der Waals surface area contributed by atoms with Crippen LogP contribution in [0.5, 0.6) is 0 Å². The van der Waals surface area contributed by atoms with E-state index in [1.807, 2.05) is 6.07 Å². The Hall–Kier alpha value is -3.73. The molecule has 25 heavy (non-hydrogen) atoms. The summed E-state index contributed by atoms with van der Waals surface area (Å²) in [5.41, 5.74) is 0.207. The number of nitrogens with one attached hydrogen (secondary N) is 1. The van der Waals surface area contributed by atoms with Gasteiger partial charge in [-0.3, -0.25) is 9.89 Å². The fraction of sp³-hybridized carbons (Fsp3) is 0.0588. The number of aryl methyl sites for hydroxylation is 1. The van der Waals surface area contributed by atoms with Crippen LogP contribution < -0.4 is 5.56 Å². The lowest BCUT2D eigenvalue weighted by Crippen LogP contribution is -2.17. The molecule has 0 amide bonds. The molecule has 0 aliphatic rings. The fourth-order valence-electron chi connectivity index (χ4n) is 2.46. The fourth-order valence-corrected chi connectivity index (χ4v) is 2.46. The number of benzene rings is 1. The van der Waals surface area contributed by atoms with E-state index < -0.39 is 17.3 Å². The molecule has 0 atom stereocenters. The van der Waals surface area contributed by atoms with Gasteiger partial charge in [0.2, 0.25) is 0 Å². The summed E-state index contributed by atoms with van der Waals surface area (Å²) in [6.07, 6.45) is 1.13. The maximum absolute atomic E-state index is 14.2. The first kappa shape index (κ1) is 16.1. The van der Waals surface area contributed by atoms with E-state index in [1.165, 1.54) is 24.3 Å². The van der Waals surface area contributed by atoms with Gasteiger partial charge < -0.3 is 5.11 Å². The van der Waals surface area contributed by atoms with Crippen LogP contribution in [0.4, 0.5) is 4.39 Å². The molecule has 0 radical (unpaired) electrons. The van der Waals surface area contributed by atoms with E-state index in [0.717, 1.165) is 16.9 Å². The highest BCUT2D eigenvalue weighted by Gasteiger charge is 2.18. The number of hydrogen-bond donors (Lipinski definition) is 2. The number of rotatable bonds is 3. The molecule has 8 heteroatoms. The van der Waals surface area contributed by atoms with Gasteiger partial charge in [-0.25, -0.2) is 18.9 Å².